The fourth-order valence-corrected chi connectivity index (χ4v) is 5.32. The van der Waals surface area contributed by atoms with E-state index in [4.69, 9.17) is 0 Å². The summed E-state index contributed by atoms with van der Waals surface area (Å²) in [6, 6.07) is 2.48. The molecule has 5 nitrogen and oxygen atoms in total. The van der Waals surface area contributed by atoms with Gasteiger partial charge in [0, 0.05) is 10.9 Å². The summed E-state index contributed by atoms with van der Waals surface area (Å²) >= 11 is 1.34. The van der Waals surface area contributed by atoms with Gasteiger partial charge in [-0.15, -0.1) is 11.3 Å². The molecule has 1 aromatic rings. The fourth-order valence-electron chi connectivity index (χ4n) is 4.55. The van der Waals surface area contributed by atoms with E-state index < -0.39 is 12.0 Å². The van der Waals surface area contributed by atoms with E-state index in [1.165, 1.54) is 30.6 Å². The number of amides is 2. The Hall–Kier alpha value is -1.56. The first-order chi connectivity index (χ1) is 10.1. The van der Waals surface area contributed by atoms with E-state index in [1.807, 2.05) is 5.38 Å². The number of hydrogen-bond donors (Lipinski definition) is 3. The number of carbonyl (C=O) groups excluding carboxylic acids is 1. The van der Waals surface area contributed by atoms with Gasteiger partial charge in [0.25, 0.3) is 0 Å². The van der Waals surface area contributed by atoms with Gasteiger partial charge in [0.2, 0.25) is 0 Å². The molecule has 6 heteroatoms. The predicted molar refractivity (Wildman–Crippen MR) is 78.0 cm³/mol. The maximum Gasteiger partial charge on any atom is 0.331 e. The minimum Gasteiger partial charge on any atom is -0.479 e. The molecule has 3 aliphatic rings. The van der Waals surface area contributed by atoms with Crippen molar-refractivity contribution in [3.8, 4) is 0 Å². The summed E-state index contributed by atoms with van der Waals surface area (Å²) in [6.07, 6.45) is 3.94. The molecule has 0 aliphatic heterocycles. The zero-order chi connectivity index (χ0) is 14.6. The second kappa shape index (κ2) is 4.73. The molecule has 0 spiro atoms. The summed E-state index contributed by atoms with van der Waals surface area (Å²) in [4.78, 5) is 24.0. The molecule has 4 rings (SSSR count). The van der Waals surface area contributed by atoms with Crippen LogP contribution in [0, 0.1) is 23.7 Å². The Balaban J connectivity index is 1.37. The molecular formula is C15H18N2O3S. The largest absolute Gasteiger partial charge is 0.479 e. The molecule has 2 bridgehead atoms. The maximum absolute atomic E-state index is 12.1. The Morgan fingerprint density at radius 3 is 2.57 bits per heavy atom. The topological polar surface area (TPSA) is 78.4 Å². The Kier molecular flexibility index (Phi) is 2.96. The summed E-state index contributed by atoms with van der Waals surface area (Å²) in [7, 11) is 0. The van der Waals surface area contributed by atoms with Crippen molar-refractivity contribution in [3.05, 3.63) is 22.4 Å². The highest BCUT2D eigenvalue weighted by Crippen LogP contribution is 2.65. The van der Waals surface area contributed by atoms with E-state index >= 15 is 0 Å². The first-order valence-electron chi connectivity index (χ1n) is 7.48. The first kappa shape index (κ1) is 13.1. The lowest BCUT2D eigenvalue weighted by molar-refractivity contribution is -0.139. The van der Waals surface area contributed by atoms with Crippen LogP contribution in [0.1, 0.15) is 30.2 Å². The normalized spacial score (nSPS) is 36.9. The molecule has 3 N–H and O–H groups in total. The molecule has 0 saturated heterocycles. The van der Waals surface area contributed by atoms with Crippen LogP contribution in [-0.4, -0.2) is 23.1 Å². The zero-order valence-electron chi connectivity index (χ0n) is 11.5. The number of nitrogens with one attached hydrogen (secondary N) is 2. The van der Waals surface area contributed by atoms with Crippen LogP contribution >= 0.6 is 11.3 Å². The third kappa shape index (κ3) is 2.12. The summed E-state index contributed by atoms with van der Waals surface area (Å²) in [5.41, 5.74) is 0. The molecule has 2 amide bonds. The van der Waals surface area contributed by atoms with Gasteiger partial charge in [-0.3, -0.25) is 0 Å². The molecule has 112 valence electrons. The second-order valence-corrected chi connectivity index (χ2v) is 7.40. The number of aliphatic carboxylic acids is 1. The van der Waals surface area contributed by atoms with Crippen molar-refractivity contribution < 1.29 is 14.7 Å². The zero-order valence-corrected chi connectivity index (χ0v) is 12.3. The molecule has 0 aromatic carbocycles. The third-order valence-corrected chi connectivity index (χ3v) is 6.32. The number of urea groups is 1. The smallest absolute Gasteiger partial charge is 0.331 e. The van der Waals surface area contributed by atoms with Gasteiger partial charge in [0.15, 0.2) is 6.04 Å². The van der Waals surface area contributed by atoms with Gasteiger partial charge in [0.05, 0.1) is 0 Å². The molecule has 0 radical (unpaired) electrons. The Morgan fingerprint density at radius 1 is 1.29 bits per heavy atom. The van der Waals surface area contributed by atoms with Crippen molar-refractivity contribution >= 4 is 23.3 Å². The summed E-state index contributed by atoms with van der Waals surface area (Å²) in [5.74, 6) is 1.86. The Bertz CT molecular complexity index is 557. The number of fused-ring (bicyclic) bond motifs is 5. The SMILES string of the molecule is O=C(NC(C(=O)O)c1cccs1)NC1C2C3CCC(C3)C12. The highest BCUT2D eigenvalue weighted by molar-refractivity contribution is 7.10. The van der Waals surface area contributed by atoms with Crippen LogP contribution in [-0.2, 0) is 4.79 Å². The van der Waals surface area contributed by atoms with E-state index in [-0.39, 0.29) is 12.1 Å². The lowest BCUT2D eigenvalue weighted by Crippen LogP contribution is -2.42. The molecule has 1 aromatic heterocycles. The van der Waals surface area contributed by atoms with Crippen LogP contribution in [0.15, 0.2) is 17.5 Å². The number of carbonyl (C=O) groups is 2. The van der Waals surface area contributed by atoms with Gasteiger partial charge in [-0.2, -0.15) is 0 Å². The standard InChI is InChI=1S/C15H18N2O3S/c18-14(19)12(9-2-1-5-21-9)16-15(20)17-13-10-7-3-4-8(6-7)11(10)13/h1-2,5,7-8,10-13H,3-4,6H2,(H,18,19)(H2,16,17,20). The Morgan fingerprint density at radius 2 is 2.00 bits per heavy atom. The van der Waals surface area contributed by atoms with E-state index in [0.717, 1.165) is 11.8 Å². The van der Waals surface area contributed by atoms with Gasteiger partial charge in [-0.05, 0) is 54.4 Å². The molecule has 1 heterocycles. The third-order valence-electron chi connectivity index (χ3n) is 5.38. The lowest BCUT2D eigenvalue weighted by atomic mass is 10.0. The van der Waals surface area contributed by atoms with Crippen molar-refractivity contribution in [2.75, 3.05) is 0 Å². The van der Waals surface area contributed by atoms with Gasteiger partial charge in [-0.25, -0.2) is 9.59 Å². The van der Waals surface area contributed by atoms with Crippen LogP contribution < -0.4 is 10.6 Å². The quantitative estimate of drug-likeness (QED) is 0.798. The van der Waals surface area contributed by atoms with Crippen molar-refractivity contribution in [2.24, 2.45) is 23.7 Å². The number of thiophene rings is 1. The van der Waals surface area contributed by atoms with Crippen molar-refractivity contribution in [2.45, 2.75) is 31.3 Å². The average Bonchev–Trinajstić information content (AvgIpc) is 2.93. The predicted octanol–water partition coefficient (Wildman–Crippen LogP) is 2.22. The van der Waals surface area contributed by atoms with Crippen LogP contribution in [0.3, 0.4) is 0 Å². The van der Waals surface area contributed by atoms with Crippen LogP contribution in [0.2, 0.25) is 0 Å². The van der Waals surface area contributed by atoms with Crippen LogP contribution in [0.4, 0.5) is 4.79 Å². The van der Waals surface area contributed by atoms with Gasteiger partial charge in [-0.1, -0.05) is 6.07 Å². The highest BCUT2D eigenvalue weighted by atomic mass is 32.1. The van der Waals surface area contributed by atoms with Crippen molar-refractivity contribution in [1.82, 2.24) is 10.6 Å². The fraction of sp³-hybridized carbons (Fsp3) is 0.600. The van der Waals surface area contributed by atoms with Gasteiger partial charge in [0.1, 0.15) is 0 Å². The summed E-state index contributed by atoms with van der Waals surface area (Å²) in [6.45, 7) is 0. The minimum atomic E-state index is -1.02. The number of carboxylic acid groups (broad SMARTS) is 1. The second-order valence-electron chi connectivity index (χ2n) is 6.42. The Labute approximate surface area is 126 Å². The van der Waals surface area contributed by atoms with Gasteiger partial charge >= 0.3 is 12.0 Å². The number of carboxylic acids is 1. The monoisotopic (exact) mass is 306 g/mol. The van der Waals surface area contributed by atoms with Crippen LogP contribution in [0.5, 0.6) is 0 Å². The van der Waals surface area contributed by atoms with Gasteiger partial charge < -0.3 is 15.7 Å². The summed E-state index contributed by atoms with van der Waals surface area (Å²) in [5, 5.41) is 16.7. The molecule has 5 atom stereocenters. The molecule has 3 fully saturated rings. The molecule has 3 saturated carbocycles. The molecule has 3 aliphatic carbocycles. The molecular weight excluding hydrogens is 288 g/mol. The van der Waals surface area contributed by atoms with Crippen molar-refractivity contribution in [3.63, 3.8) is 0 Å². The number of hydrogen-bond acceptors (Lipinski definition) is 3. The summed E-state index contributed by atoms with van der Waals surface area (Å²) < 4.78 is 0. The highest BCUT2D eigenvalue weighted by Gasteiger charge is 2.65. The number of rotatable bonds is 4. The van der Waals surface area contributed by atoms with Crippen molar-refractivity contribution in [1.29, 1.82) is 0 Å². The van der Waals surface area contributed by atoms with E-state index in [0.29, 0.717) is 16.7 Å². The molecule has 5 unspecified atom stereocenters. The first-order valence-corrected chi connectivity index (χ1v) is 8.36. The lowest BCUT2D eigenvalue weighted by Gasteiger charge is -2.15. The maximum atomic E-state index is 12.1. The molecule has 21 heavy (non-hydrogen) atoms. The van der Waals surface area contributed by atoms with Crippen LogP contribution in [0.25, 0.3) is 0 Å². The average molecular weight is 306 g/mol. The van der Waals surface area contributed by atoms with E-state index in [9.17, 15) is 14.7 Å². The van der Waals surface area contributed by atoms with E-state index in [1.54, 1.807) is 12.1 Å². The minimum absolute atomic E-state index is 0.272. The van der Waals surface area contributed by atoms with E-state index in [2.05, 4.69) is 10.6 Å².